The number of benzene rings is 2. The van der Waals surface area contributed by atoms with Crippen LogP contribution in [0.1, 0.15) is 17.9 Å². The van der Waals surface area contributed by atoms with Crippen LogP contribution in [-0.4, -0.2) is 17.6 Å². The number of hydrogen-bond acceptors (Lipinski definition) is 4. The fraction of sp³-hybridized carbons (Fsp3) is 0.150. The largest absolute Gasteiger partial charge is 0.325 e. The van der Waals surface area contributed by atoms with Gasteiger partial charge in [-0.2, -0.15) is 5.26 Å². The molecule has 1 aliphatic heterocycles. The van der Waals surface area contributed by atoms with Crippen molar-refractivity contribution in [3.8, 4) is 6.07 Å². The Labute approximate surface area is 180 Å². The van der Waals surface area contributed by atoms with E-state index in [0.717, 1.165) is 21.8 Å². The lowest BCUT2D eigenvalue weighted by Gasteiger charge is -2.25. The average molecular weight is 477 g/mol. The molecule has 1 heterocycles. The zero-order valence-electron chi connectivity index (χ0n) is 14.5. The number of amides is 2. The van der Waals surface area contributed by atoms with Gasteiger partial charge in [0.1, 0.15) is 0 Å². The first-order chi connectivity index (χ1) is 13.5. The average Bonchev–Trinajstić information content (AvgIpc) is 2.67. The number of anilines is 1. The Bertz CT molecular complexity index is 986. The van der Waals surface area contributed by atoms with Crippen molar-refractivity contribution < 1.29 is 9.59 Å². The Morgan fingerprint density at radius 1 is 1.32 bits per heavy atom. The summed E-state index contributed by atoms with van der Waals surface area (Å²) in [6, 6.07) is 16.5. The monoisotopic (exact) mass is 475 g/mol. The van der Waals surface area contributed by atoms with Crippen molar-refractivity contribution in [2.45, 2.75) is 12.3 Å². The molecule has 2 aromatic carbocycles. The molecular formula is C20H15BrClN3O2S. The predicted octanol–water partition coefficient (Wildman–Crippen LogP) is 4.81. The highest BCUT2D eigenvalue weighted by atomic mass is 79.9. The number of halogens is 2. The Balaban J connectivity index is 1.74. The maximum absolute atomic E-state index is 12.2. The zero-order valence-corrected chi connectivity index (χ0v) is 17.7. The van der Waals surface area contributed by atoms with Crippen molar-refractivity contribution >= 4 is 56.8 Å². The molecule has 8 heteroatoms. The standard InChI is InChI=1S/C20H15BrClN3O2S/c21-13-4-6-15(7-5-13)24-19(27)11-28-20-17(10-23)16(9-18(26)25-20)12-2-1-3-14(22)8-12/h1-8,16H,9,11H2,(H,24,27)(H,25,26). The predicted molar refractivity (Wildman–Crippen MR) is 115 cm³/mol. The third-order valence-corrected chi connectivity index (χ3v) is 5.86. The lowest BCUT2D eigenvalue weighted by Crippen LogP contribution is -2.31. The Morgan fingerprint density at radius 2 is 2.07 bits per heavy atom. The molecule has 1 unspecified atom stereocenters. The van der Waals surface area contributed by atoms with Gasteiger partial charge in [-0.1, -0.05) is 51.4 Å². The van der Waals surface area contributed by atoms with E-state index >= 15 is 0 Å². The van der Waals surface area contributed by atoms with Crippen molar-refractivity contribution in [3.05, 3.63) is 74.2 Å². The third-order valence-electron chi connectivity index (χ3n) is 4.08. The highest BCUT2D eigenvalue weighted by Gasteiger charge is 2.30. The molecule has 1 aliphatic rings. The van der Waals surface area contributed by atoms with E-state index < -0.39 is 0 Å². The number of thioether (sulfide) groups is 1. The number of hydrogen-bond donors (Lipinski definition) is 2. The molecule has 0 radical (unpaired) electrons. The molecule has 1 atom stereocenters. The molecule has 0 aromatic heterocycles. The maximum Gasteiger partial charge on any atom is 0.234 e. The molecule has 2 amide bonds. The van der Waals surface area contributed by atoms with Crippen molar-refractivity contribution in [2.75, 3.05) is 11.1 Å². The molecule has 5 nitrogen and oxygen atoms in total. The van der Waals surface area contributed by atoms with Crippen LogP contribution in [0.3, 0.4) is 0 Å². The van der Waals surface area contributed by atoms with Gasteiger partial charge in [0.25, 0.3) is 0 Å². The molecule has 0 bridgehead atoms. The van der Waals surface area contributed by atoms with Gasteiger partial charge in [-0.3, -0.25) is 9.59 Å². The van der Waals surface area contributed by atoms with Crippen LogP contribution < -0.4 is 10.6 Å². The quantitative estimate of drug-likeness (QED) is 0.648. The van der Waals surface area contributed by atoms with Crippen LogP contribution in [0, 0.1) is 11.3 Å². The summed E-state index contributed by atoms with van der Waals surface area (Å²) in [4.78, 5) is 24.4. The zero-order chi connectivity index (χ0) is 20.1. The van der Waals surface area contributed by atoms with Gasteiger partial charge in [0.05, 0.1) is 22.4 Å². The van der Waals surface area contributed by atoms with E-state index in [2.05, 4.69) is 32.6 Å². The van der Waals surface area contributed by atoms with Crippen LogP contribution in [0.2, 0.25) is 5.02 Å². The number of nitriles is 1. The van der Waals surface area contributed by atoms with Crippen molar-refractivity contribution in [1.82, 2.24) is 5.32 Å². The normalized spacial score (nSPS) is 16.3. The first kappa shape index (κ1) is 20.5. The van der Waals surface area contributed by atoms with Crippen molar-refractivity contribution in [1.29, 1.82) is 5.26 Å². The van der Waals surface area contributed by atoms with E-state index in [-0.39, 0.29) is 29.9 Å². The fourth-order valence-electron chi connectivity index (χ4n) is 2.81. The van der Waals surface area contributed by atoms with Crippen molar-refractivity contribution in [2.24, 2.45) is 0 Å². The second kappa shape index (κ2) is 9.28. The number of rotatable bonds is 5. The second-order valence-electron chi connectivity index (χ2n) is 6.06. The molecule has 0 saturated heterocycles. The van der Waals surface area contributed by atoms with E-state index in [1.807, 2.05) is 18.2 Å². The van der Waals surface area contributed by atoms with Crippen molar-refractivity contribution in [3.63, 3.8) is 0 Å². The van der Waals surface area contributed by atoms with Crippen LogP contribution in [0.25, 0.3) is 0 Å². The van der Waals surface area contributed by atoms with Gasteiger partial charge in [0, 0.05) is 27.5 Å². The summed E-state index contributed by atoms with van der Waals surface area (Å²) < 4.78 is 0.917. The van der Waals surface area contributed by atoms with E-state index in [4.69, 9.17) is 11.6 Å². The van der Waals surface area contributed by atoms with Crippen LogP contribution in [-0.2, 0) is 9.59 Å². The molecule has 0 saturated carbocycles. The highest BCUT2D eigenvalue weighted by Crippen LogP contribution is 2.36. The van der Waals surface area contributed by atoms with Gasteiger partial charge < -0.3 is 10.6 Å². The number of carbonyl (C=O) groups excluding carboxylic acids is 2. The summed E-state index contributed by atoms with van der Waals surface area (Å²) >= 11 is 10.5. The second-order valence-corrected chi connectivity index (χ2v) is 8.40. The number of allylic oxidation sites excluding steroid dienone is 1. The minimum Gasteiger partial charge on any atom is -0.325 e. The fourth-order valence-corrected chi connectivity index (χ4v) is 4.15. The van der Waals surface area contributed by atoms with Crippen LogP contribution >= 0.6 is 39.3 Å². The molecule has 142 valence electrons. The minimum atomic E-state index is -0.380. The van der Waals surface area contributed by atoms with Crippen LogP contribution in [0.5, 0.6) is 0 Å². The summed E-state index contributed by atoms with van der Waals surface area (Å²) in [6.07, 6.45) is 0.165. The topological polar surface area (TPSA) is 82.0 Å². The summed E-state index contributed by atoms with van der Waals surface area (Å²) in [5, 5.41) is 16.1. The maximum atomic E-state index is 12.2. The Morgan fingerprint density at radius 3 is 2.75 bits per heavy atom. The molecule has 2 N–H and O–H groups in total. The van der Waals surface area contributed by atoms with E-state index in [0.29, 0.717) is 21.3 Å². The molecule has 0 spiro atoms. The third kappa shape index (κ3) is 5.16. The van der Waals surface area contributed by atoms with Gasteiger partial charge in [0.15, 0.2) is 0 Å². The number of nitrogens with one attached hydrogen (secondary N) is 2. The number of carbonyl (C=O) groups is 2. The smallest absolute Gasteiger partial charge is 0.234 e. The van der Waals surface area contributed by atoms with E-state index in [1.54, 1.807) is 30.3 Å². The van der Waals surface area contributed by atoms with Gasteiger partial charge in [0.2, 0.25) is 11.8 Å². The van der Waals surface area contributed by atoms with Gasteiger partial charge in [-0.15, -0.1) is 0 Å². The molecule has 28 heavy (non-hydrogen) atoms. The first-order valence-corrected chi connectivity index (χ1v) is 10.5. The lowest BCUT2D eigenvalue weighted by molar-refractivity contribution is -0.121. The SMILES string of the molecule is N#CC1=C(SCC(=O)Nc2ccc(Br)cc2)NC(=O)CC1c1cccc(Cl)c1. The molecule has 2 aromatic rings. The van der Waals surface area contributed by atoms with Gasteiger partial charge >= 0.3 is 0 Å². The van der Waals surface area contributed by atoms with Crippen LogP contribution in [0.4, 0.5) is 5.69 Å². The molecular weight excluding hydrogens is 462 g/mol. The van der Waals surface area contributed by atoms with Crippen LogP contribution in [0.15, 0.2) is 63.6 Å². The van der Waals surface area contributed by atoms with E-state index in [1.165, 1.54) is 0 Å². The Hall–Kier alpha value is -2.27. The summed E-state index contributed by atoms with van der Waals surface area (Å²) in [7, 11) is 0. The van der Waals surface area contributed by atoms with Gasteiger partial charge in [-0.25, -0.2) is 0 Å². The summed E-state index contributed by atoms with van der Waals surface area (Å²) in [5.74, 6) is -0.732. The minimum absolute atomic E-state index is 0.0686. The summed E-state index contributed by atoms with van der Waals surface area (Å²) in [6.45, 7) is 0. The summed E-state index contributed by atoms with van der Waals surface area (Å²) in [5.41, 5.74) is 1.91. The molecule has 0 aliphatic carbocycles. The van der Waals surface area contributed by atoms with Gasteiger partial charge in [-0.05, 0) is 42.0 Å². The van der Waals surface area contributed by atoms with E-state index in [9.17, 15) is 14.9 Å². The molecule has 3 rings (SSSR count). The molecule has 0 fully saturated rings. The number of nitrogens with zero attached hydrogens (tertiary/aromatic N) is 1. The highest BCUT2D eigenvalue weighted by molar-refractivity contribution is 9.10. The first-order valence-electron chi connectivity index (χ1n) is 8.34. The Kier molecular flexibility index (Phi) is 6.79. The lowest BCUT2D eigenvalue weighted by atomic mass is 9.87.